The van der Waals surface area contributed by atoms with E-state index in [0.29, 0.717) is 0 Å². The van der Waals surface area contributed by atoms with E-state index >= 15 is 0 Å². The van der Waals surface area contributed by atoms with Crippen LogP contribution in [0.25, 0.3) is 11.1 Å². The molecule has 0 aliphatic rings. The van der Waals surface area contributed by atoms with E-state index in [4.69, 9.17) is 14.2 Å². The predicted octanol–water partition coefficient (Wildman–Crippen LogP) is 9.87. The largest absolute Gasteiger partial charge is 0.494 e. The molecule has 1 heterocycles. The molecule has 0 saturated carbocycles. The molecule has 4 heteroatoms. The molecule has 0 fully saturated rings. The summed E-state index contributed by atoms with van der Waals surface area (Å²) in [7, 11) is 0. The molecule has 0 N–H and O–H groups in total. The Kier molecular flexibility index (Phi) is 13.3. The van der Waals surface area contributed by atoms with Gasteiger partial charge in [-0.3, -0.25) is 0 Å². The Labute approximate surface area is 222 Å². The molecule has 0 spiro atoms. The average Bonchev–Trinajstić information content (AvgIpc) is 3.32. The number of rotatable bonds is 19. The summed E-state index contributed by atoms with van der Waals surface area (Å²) >= 11 is 1.72. The lowest BCUT2D eigenvalue weighted by atomic mass is 10.1. The Morgan fingerprint density at radius 1 is 0.528 bits per heavy atom. The van der Waals surface area contributed by atoms with Gasteiger partial charge in [-0.25, -0.2) is 0 Å². The summed E-state index contributed by atoms with van der Waals surface area (Å²) in [4.78, 5) is 0. The van der Waals surface area contributed by atoms with Gasteiger partial charge in [-0.15, -0.1) is 11.3 Å². The number of benzene rings is 2. The van der Waals surface area contributed by atoms with Gasteiger partial charge >= 0.3 is 0 Å². The summed E-state index contributed by atoms with van der Waals surface area (Å²) in [6, 6.07) is 16.8. The Hall–Kier alpha value is -2.46. The van der Waals surface area contributed by atoms with E-state index in [-0.39, 0.29) is 0 Å². The van der Waals surface area contributed by atoms with E-state index in [1.165, 1.54) is 61.6 Å². The summed E-state index contributed by atoms with van der Waals surface area (Å²) in [5.74, 6) is 2.96. The molecule has 0 radical (unpaired) electrons. The van der Waals surface area contributed by atoms with Crippen molar-refractivity contribution in [3.05, 3.63) is 64.9 Å². The van der Waals surface area contributed by atoms with Crippen molar-refractivity contribution in [3.8, 4) is 28.4 Å². The van der Waals surface area contributed by atoms with Crippen molar-refractivity contribution in [1.29, 1.82) is 0 Å². The molecular formula is C32H44O3S. The van der Waals surface area contributed by atoms with Crippen molar-refractivity contribution in [2.45, 2.75) is 84.5 Å². The van der Waals surface area contributed by atoms with Crippen LogP contribution in [-0.4, -0.2) is 19.8 Å². The third-order valence-corrected chi connectivity index (χ3v) is 7.27. The van der Waals surface area contributed by atoms with Crippen LogP contribution >= 0.6 is 11.3 Å². The molecule has 0 unspecified atom stereocenters. The smallest absolute Gasteiger partial charge is 0.132 e. The van der Waals surface area contributed by atoms with E-state index in [1.54, 1.807) is 11.3 Å². The lowest BCUT2D eigenvalue weighted by molar-refractivity contribution is 0.302. The van der Waals surface area contributed by atoms with Crippen LogP contribution < -0.4 is 14.2 Å². The first-order valence-corrected chi connectivity index (χ1v) is 14.8. The first kappa shape index (κ1) is 28.1. The van der Waals surface area contributed by atoms with Gasteiger partial charge in [0.1, 0.15) is 17.2 Å². The summed E-state index contributed by atoms with van der Waals surface area (Å²) in [6.45, 7) is 6.72. The number of aryl methyl sites for hydroxylation is 1. The highest BCUT2D eigenvalue weighted by molar-refractivity contribution is 7.08. The number of ether oxygens (including phenoxy) is 3. The Balaban J connectivity index is 1.16. The minimum Gasteiger partial charge on any atom is -0.494 e. The highest BCUT2D eigenvalue weighted by atomic mass is 32.1. The fraction of sp³-hybridized carbons (Fsp3) is 0.500. The molecule has 3 aromatic rings. The van der Waals surface area contributed by atoms with Crippen molar-refractivity contribution < 1.29 is 14.2 Å². The Bertz CT molecular complexity index is 946. The normalized spacial score (nSPS) is 10.9. The van der Waals surface area contributed by atoms with Gasteiger partial charge in [0.25, 0.3) is 0 Å². The lowest BCUT2D eigenvalue weighted by Crippen LogP contribution is -1.97. The van der Waals surface area contributed by atoms with Gasteiger partial charge in [-0.2, -0.15) is 0 Å². The minimum absolute atomic E-state index is 0.786. The molecule has 196 valence electrons. The van der Waals surface area contributed by atoms with Gasteiger partial charge in [0.05, 0.1) is 19.8 Å². The molecule has 36 heavy (non-hydrogen) atoms. The van der Waals surface area contributed by atoms with Crippen LogP contribution in [0.4, 0.5) is 0 Å². The van der Waals surface area contributed by atoms with Crippen LogP contribution in [0.1, 0.15) is 83.1 Å². The molecule has 3 rings (SSSR count). The van der Waals surface area contributed by atoms with Gasteiger partial charge in [-0.1, -0.05) is 82.6 Å². The third kappa shape index (κ3) is 10.7. The molecule has 0 amide bonds. The van der Waals surface area contributed by atoms with Gasteiger partial charge in [0, 0.05) is 10.9 Å². The molecule has 0 aliphatic heterocycles. The molecule has 0 aliphatic carbocycles. The molecule has 0 saturated heterocycles. The van der Waals surface area contributed by atoms with Crippen LogP contribution in [0.2, 0.25) is 0 Å². The summed E-state index contributed by atoms with van der Waals surface area (Å²) in [6.07, 6.45) is 13.7. The van der Waals surface area contributed by atoms with Gasteiger partial charge in [0.2, 0.25) is 0 Å². The first-order chi connectivity index (χ1) is 17.8. The fourth-order valence-corrected chi connectivity index (χ4v) is 4.90. The molecule has 3 nitrogen and oxygen atoms in total. The lowest BCUT2D eigenvalue weighted by Gasteiger charge is -2.09. The van der Waals surface area contributed by atoms with E-state index in [2.05, 4.69) is 73.1 Å². The predicted molar refractivity (Wildman–Crippen MR) is 154 cm³/mol. The number of hydrogen-bond donors (Lipinski definition) is 0. The van der Waals surface area contributed by atoms with E-state index < -0.39 is 0 Å². The summed E-state index contributed by atoms with van der Waals surface area (Å²) < 4.78 is 17.5. The molecule has 2 aromatic carbocycles. The highest BCUT2D eigenvalue weighted by Gasteiger charge is 2.02. The highest BCUT2D eigenvalue weighted by Crippen LogP contribution is 2.25. The number of hydrogen-bond acceptors (Lipinski definition) is 4. The zero-order valence-corrected chi connectivity index (χ0v) is 23.1. The van der Waals surface area contributed by atoms with E-state index in [9.17, 15) is 0 Å². The average molecular weight is 509 g/mol. The van der Waals surface area contributed by atoms with Crippen LogP contribution in [-0.2, 0) is 0 Å². The van der Waals surface area contributed by atoms with Crippen LogP contribution in [0, 0.1) is 6.92 Å². The van der Waals surface area contributed by atoms with Crippen LogP contribution in [0.15, 0.2) is 59.3 Å². The topological polar surface area (TPSA) is 27.7 Å². The number of thiophene rings is 1. The van der Waals surface area contributed by atoms with Gasteiger partial charge < -0.3 is 14.2 Å². The fourth-order valence-electron chi connectivity index (χ4n) is 4.13. The van der Waals surface area contributed by atoms with Crippen molar-refractivity contribution >= 4 is 11.3 Å². The SMILES string of the molecule is CCCCOc1ccc(-c2ccc(OCCCCCCCCCCCOc3cscc3C)cc2)cc1. The van der Waals surface area contributed by atoms with E-state index in [1.807, 2.05) is 0 Å². The summed E-state index contributed by atoms with van der Waals surface area (Å²) in [5.41, 5.74) is 3.66. The number of unbranched alkanes of at least 4 members (excludes halogenated alkanes) is 9. The third-order valence-electron chi connectivity index (χ3n) is 6.43. The van der Waals surface area contributed by atoms with Crippen molar-refractivity contribution in [2.24, 2.45) is 0 Å². The second-order valence-electron chi connectivity index (χ2n) is 9.55. The second kappa shape index (κ2) is 17.1. The van der Waals surface area contributed by atoms with Crippen molar-refractivity contribution in [1.82, 2.24) is 0 Å². The Morgan fingerprint density at radius 3 is 1.42 bits per heavy atom. The molecular weight excluding hydrogens is 464 g/mol. The summed E-state index contributed by atoms with van der Waals surface area (Å²) in [5, 5.41) is 4.24. The monoisotopic (exact) mass is 508 g/mol. The molecule has 0 atom stereocenters. The second-order valence-corrected chi connectivity index (χ2v) is 10.3. The van der Waals surface area contributed by atoms with Crippen LogP contribution in [0.3, 0.4) is 0 Å². The quantitative estimate of drug-likeness (QED) is 0.151. The maximum Gasteiger partial charge on any atom is 0.132 e. The van der Waals surface area contributed by atoms with E-state index in [0.717, 1.165) is 62.8 Å². The van der Waals surface area contributed by atoms with Gasteiger partial charge in [-0.05, 0) is 67.0 Å². The Morgan fingerprint density at radius 2 is 0.972 bits per heavy atom. The molecule has 1 aromatic heterocycles. The zero-order chi connectivity index (χ0) is 25.3. The maximum atomic E-state index is 5.96. The first-order valence-electron chi connectivity index (χ1n) is 13.9. The van der Waals surface area contributed by atoms with Crippen molar-refractivity contribution in [2.75, 3.05) is 19.8 Å². The minimum atomic E-state index is 0.786. The van der Waals surface area contributed by atoms with Gasteiger partial charge in [0.15, 0.2) is 0 Å². The molecule has 0 bridgehead atoms. The standard InChI is InChI=1S/C32H44O3S/c1-3-4-22-33-30-18-14-28(15-19-30)29-16-20-31(21-17-29)34-23-12-10-8-6-5-7-9-11-13-24-35-32-26-36-25-27(32)2/h14-21,25-26H,3-13,22-24H2,1-2H3. The maximum absolute atomic E-state index is 5.96. The van der Waals surface area contributed by atoms with Crippen molar-refractivity contribution in [3.63, 3.8) is 0 Å². The van der Waals surface area contributed by atoms with Crippen LogP contribution in [0.5, 0.6) is 17.2 Å². The zero-order valence-electron chi connectivity index (χ0n) is 22.3.